The van der Waals surface area contributed by atoms with Crippen molar-refractivity contribution in [3.63, 3.8) is 0 Å². The van der Waals surface area contributed by atoms with Crippen LogP contribution in [-0.4, -0.2) is 22.7 Å². The number of amides is 1. The average Bonchev–Trinajstić information content (AvgIpc) is 2.82. The number of aromatic nitrogens is 2. The van der Waals surface area contributed by atoms with Crippen LogP contribution in [0.5, 0.6) is 0 Å². The second-order valence-corrected chi connectivity index (χ2v) is 4.57. The van der Waals surface area contributed by atoms with Gasteiger partial charge in [0.1, 0.15) is 5.56 Å². The molecule has 2 unspecified atom stereocenters. The van der Waals surface area contributed by atoms with Crippen LogP contribution in [0.25, 0.3) is 0 Å². The summed E-state index contributed by atoms with van der Waals surface area (Å²) in [6.45, 7) is 0. The molecule has 1 fully saturated rings. The highest BCUT2D eigenvalue weighted by Crippen LogP contribution is 2.33. The van der Waals surface area contributed by atoms with E-state index in [1.54, 1.807) is 17.9 Å². The van der Waals surface area contributed by atoms with E-state index in [2.05, 4.69) is 16.5 Å². The van der Waals surface area contributed by atoms with Crippen LogP contribution in [0, 0.1) is 17.2 Å². The molecule has 1 heterocycles. The highest BCUT2D eigenvalue weighted by Gasteiger charge is 2.28. The van der Waals surface area contributed by atoms with Gasteiger partial charge in [-0.2, -0.15) is 10.4 Å². The number of rotatable bonds is 3. The van der Waals surface area contributed by atoms with E-state index in [4.69, 9.17) is 11.0 Å². The summed E-state index contributed by atoms with van der Waals surface area (Å²) < 4.78 is 1.72. The van der Waals surface area contributed by atoms with Crippen molar-refractivity contribution in [2.24, 2.45) is 11.7 Å². The molecule has 1 aliphatic carbocycles. The highest BCUT2D eigenvalue weighted by atomic mass is 16.1. The van der Waals surface area contributed by atoms with Crippen molar-refractivity contribution in [2.75, 3.05) is 12.4 Å². The van der Waals surface area contributed by atoms with E-state index >= 15 is 0 Å². The molecule has 1 aromatic rings. The first-order chi connectivity index (χ1) is 8.67. The van der Waals surface area contributed by atoms with Crippen LogP contribution in [0.15, 0.2) is 6.20 Å². The number of nitrogens with two attached hydrogens (primary N) is 1. The van der Waals surface area contributed by atoms with Crippen LogP contribution in [0.3, 0.4) is 0 Å². The van der Waals surface area contributed by atoms with Crippen molar-refractivity contribution in [1.29, 1.82) is 5.26 Å². The normalized spacial score (nSPS) is 23.3. The summed E-state index contributed by atoms with van der Waals surface area (Å²) in [4.78, 5) is 11.3. The molecule has 0 aliphatic heterocycles. The molecule has 0 radical (unpaired) electrons. The number of hydrogen-bond acceptors (Lipinski definition) is 4. The van der Waals surface area contributed by atoms with Crippen molar-refractivity contribution in [3.8, 4) is 6.07 Å². The lowest BCUT2D eigenvalue weighted by atomic mass is 9.85. The highest BCUT2D eigenvalue weighted by molar-refractivity contribution is 5.97. The Kier molecular flexibility index (Phi) is 3.51. The molecule has 2 rings (SSSR count). The van der Waals surface area contributed by atoms with Crippen molar-refractivity contribution in [3.05, 3.63) is 11.8 Å². The number of carbonyl (C=O) groups excluding carboxylic acids is 1. The Hall–Kier alpha value is -2.03. The van der Waals surface area contributed by atoms with E-state index in [1.807, 2.05) is 0 Å². The maximum atomic E-state index is 11.3. The van der Waals surface area contributed by atoms with Gasteiger partial charge in [-0.3, -0.25) is 9.48 Å². The van der Waals surface area contributed by atoms with Gasteiger partial charge in [-0.15, -0.1) is 0 Å². The SMILES string of the molecule is CNc1nn(C2CCCCC2C#N)cc1C(N)=O. The molecule has 1 aliphatic rings. The van der Waals surface area contributed by atoms with Crippen LogP contribution in [-0.2, 0) is 0 Å². The van der Waals surface area contributed by atoms with Crippen molar-refractivity contribution < 1.29 is 4.79 Å². The zero-order valence-corrected chi connectivity index (χ0v) is 10.4. The van der Waals surface area contributed by atoms with Gasteiger partial charge in [-0.1, -0.05) is 12.8 Å². The Labute approximate surface area is 106 Å². The number of nitriles is 1. The van der Waals surface area contributed by atoms with Gasteiger partial charge in [0.05, 0.1) is 18.0 Å². The van der Waals surface area contributed by atoms with E-state index in [9.17, 15) is 4.79 Å². The number of nitrogens with one attached hydrogen (secondary N) is 1. The molecular formula is C12H17N5O. The van der Waals surface area contributed by atoms with Crippen molar-refractivity contribution in [1.82, 2.24) is 9.78 Å². The summed E-state index contributed by atoms with van der Waals surface area (Å²) in [5.41, 5.74) is 5.68. The zero-order valence-electron chi connectivity index (χ0n) is 10.4. The average molecular weight is 247 g/mol. The first-order valence-electron chi connectivity index (χ1n) is 6.13. The molecule has 1 aromatic heterocycles. The smallest absolute Gasteiger partial charge is 0.254 e. The molecule has 0 spiro atoms. The van der Waals surface area contributed by atoms with Gasteiger partial charge in [0.2, 0.25) is 0 Å². The summed E-state index contributed by atoms with van der Waals surface area (Å²) in [5.74, 6) is -0.0660. The van der Waals surface area contributed by atoms with E-state index < -0.39 is 5.91 Å². The van der Waals surface area contributed by atoms with Gasteiger partial charge in [0.15, 0.2) is 5.82 Å². The standard InChI is InChI=1S/C12H17N5O/c1-15-12-9(11(14)18)7-17(16-12)10-5-3-2-4-8(10)6-13/h7-8,10H,2-5H2,1H3,(H2,14,18)(H,15,16). The third-order valence-corrected chi connectivity index (χ3v) is 3.47. The molecule has 1 saturated carbocycles. The van der Waals surface area contributed by atoms with E-state index in [1.165, 1.54) is 0 Å². The van der Waals surface area contributed by atoms with Crippen molar-refractivity contribution in [2.45, 2.75) is 31.7 Å². The van der Waals surface area contributed by atoms with Gasteiger partial charge in [0.25, 0.3) is 5.91 Å². The molecule has 1 amide bonds. The predicted molar refractivity (Wildman–Crippen MR) is 66.9 cm³/mol. The molecule has 0 aromatic carbocycles. The predicted octanol–water partition coefficient (Wildman–Crippen LogP) is 1.28. The Morgan fingerprint density at radius 2 is 2.33 bits per heavy atom. The first kappa shape index (κ1) is 12.4. The molecule has 18 heavy (non-hydrogen) atoms. The lowest BCUT2D eigenvalue weighted by Gasteiger charge is -2.26. The fourth-order valence-electron chi connectivity index (χ4n) is 2.51. The molecular weight excluding hydrogens is 230 g/mol. The molecule has 6 nitrogen and oxygen atoms in total. The maximum Gasteiger partial charge on any atom is 0.254 e. The molecule has 0 bridgehead atoms. The second kappa shape index (κ2) is 5.08. The van der Waals surface area contributed by atoms with Crippen molar-refractivity contribution >= 4 is 11.7 Å². The maximum absolute atomic E-state index is 11.3. The van der Waals surface area contributed by atoms with Crippen LogP contribution in [0.2, 0.25) is 0 Å². The number of hydrogen-bond donors (Lipinski definition) is 2. The third-order valence-electron chi connectivity index (χ3n) is 3.47. The summed E-state index contributed by atoms with van der Waals surface area (Å²) in [6.07, 6.45) is 5.62. The Bertz CT molecular complexity index is 487. The van der Waals surface area contributed by atoms with E-state index in [-0.39, 0.29) is 12.0 Å². The van der Waals surface area contributed by atoms with Gasteiger partial charge >= 0.3 is 0 Å². The number of nitrogens with zero attached hydrogens (tertiary/aromatic N) is 3. The van der Waals surface area contributed by atoms with Crippen LogP contribution in [0.1, 0.15) is 42.1 Å². The monoisotopic (exact) mass is 247 g/mol. The fraction of sp³-hybridized carbons (Fsp3) is 0.583. The van der Waals surface area contributed by atoms with Gasteiger partial charge in [0, 0.05) is 13.2 Å². The zero-order chi connectivity index (χ0) is 13.1. The lowest BCUT2D eigenvalue weighted by Crippen LogP contribution is -2.22. The Morgan fingerprint density at radius 1 is 1.61 bits per heavy atom. The quantitative estimate of drug-likeness (QED) is 0.840. The van der Waals surface area contributed by atoms with E-state index in [0.717, 1.165) is 25.7 Å². The molecule has 96 valence electrons. The Balaban J connectivity index is 2.32. The van der Waals surface area contributed by atoms with Crippen LogP contribution >= 0.6 is 0 Å². The van der Waals surface area contributed by atoms with Gasteiger partial charge in [-0.05, 0) is 12.8 Å². The minimum atomic E-state index is -0.505. The summed E-state index contributed by atoms with van der Waals surface area (Å²) >= 11 is 0. The first-order valence-corrected chi connectivity index (χ1v) is 6.13. The molecule has 6 heteroatoms. The number of primary amides is 1. The molecule has 2 atom stereocenters. The van der Waals surface area contributed by atoms with Crippen LogP contribution in [0.4, 0.5) is 5.82 Å². The summed E-state index contributed by atoms with van der Waals surface area (Å²) in [7, 11) is 1.70. The number of carbonyl (C=O) groups is 1. The second-order valence-electron chi connectivity index (χ2n) is 4.57. The largest absolute Gasteiger partial charge is 0.371 e. The summed E-state index contributed by atoms with van der Waals surface area (Å²) in [5, 5.41) is 16.3. The van der Waals surface area contributed by atoms with Gasteiger partial charge < -0.3 is 11.1 Å². The lowest BCUT2D eigenvalue weighted by molar-refractivity contribution is 0.100. The van der Waals surface area contributed by atoms with Gasteiger partial charge in [-0.25, -0.2) is 0 Å². The van der Waals surface area contributed by atoms with Crippen LogP contribution < -0.4 is 11.1 Å². The summed E-state index contributed by atoms with van der Waals surface area (Å²) in [6, 6.07) is 2.38. The molecule has 3 N–H and O–H groups in total. The number of anilines is 1. The van der Waals surface area contributed by atoms with E-state index in [0.29, 0.717) is 11.4 Å². The Morgan fingerprint density at radius 3 is 2.89 bits per heavy atom. The third kappa shape index (κ3) is 2.16. The topological polar surface area (TPSA) is 96.7 Å². The fourth-order valence-corrected chi connectivity index (χ4v) is 2.51. The minimum absolute atomic E-state index is 0.0379. The molecule has 0 saturated heterocycles. The minimum Gasteiger partial charge on any atom is -0.371 e.